The molecule has 0 aliphatic rings. The molecule has 6 aromatic heterocycles. The van der Waals surface area contributed by atoms with Crippen LogP contribution in [0.15, 0.2) is 274 Å². The molecule has 24 nitrogen and oxygen atoms in total. The summed E-state index contributed by atoms with van der Waals surface area (Å²) in [5, 5.41) is 60.5. The predicted octanol–water partition coefficient (Wildman–Crippen LogP) is 26.3. The van der Waals surface area contributed by atoms with E-state index in [2.05, 4.69) is 59.8 Å². The van der Waals surface area contributed by atoms with Crippen LogP contribution in [0.3, 0.4) is 0 Å². The predicted molar refractivity (Wildman–Crippen MR) is 529 cm³/mol. The Morgan fingerprint density at radius 1 is 0.193 bits per heavy atom. The third kappa shape index (κ3) is 24.6. The first-order valence-corrected chi connectivity index (χ1v) is 43.0. The summed E-state index contributed by atoms with van der Waals surface area (Å²) < 4.78 is 55.6. The van der Waals surface area contributed by atoms with Crippen molar-refractivity contribution in [1.29, 1.82) is 0 Å². The highest BCUT2D eigenvalue weighted by atomic mass is 35.5. The normalized spacial score (nSPS) is 10.7. The lowest BCUT2D eigenvalue weighted by molar-refractivity contribution is 0.475. The highest BCUT2D eigenvalue weighted by Gasteiger charge is 2.24. The van der Waals surface area contributed by atoms with Gasteiger partial charge in [-0.05, 0) is 194 Å². The molecule has 0 unspecified atom stereocenters. The van der Waals surface area contributed by atoms with Crippen LogP contribution in [-0.4, -0.2) is 90.4 Å². The highest BCUT2D eigenvalue weighted by molar-refractivity contribution is 6.36. The number of nitrogens with two attached hydrogens (primary N) is 6. The minimum atomic E-state index is -0.781. The van der Waals surface area contributed by atoms with Crippen LogP contribution in [-0.2, 0) is 0 Å². The molecule has 0 aliphatic carbocycles. The van der Waals surface area contributed by atoms with Gasteiger partial charge in [-0.25, -0.2) is 47.5 Å². The van der Waals surface area contributed by atoms with Crippen molar-refractivity contribution in [3.05, 3.63) is 352 Å². The van der Waals surface area contributed by atoms with E-state index in [4.69, 9.17) is 162 Å². The summed E-state index contributed by atoms with van der Waals surface area (Å²) >= 11 is 65.6. The monoisotopic (exact) mass is 2020 g/mol. The molecule has 0 bridgehead atoms. The van der Waals surface area contributed by atoms with Crippen LogP contribution >= 0.6 is 128 Å². The Labute approximate surface area is 820 Å². The van der Waals surface area contributed by atoms with E-state index >= 15 is 0 Å². The van der Waals surface area contributed by atoms with Gasteiger partial charge < -0.3 is 65.0 Å². The Kier molecular flexibility index (Phi) is 32.0. The summed E-state index contributed by atoms with van der Waals surface area (Å²) in [7, 11) is 0. The van der Waals surface area contributed by atoms with Gasteiger partial charge in [0.1, 0.15) is 104 Å². The van der Waals surface area contributed by atoms with Crippen LogP contribution in [0.2, 0.25) is 55.2 Å². The van der Waals surface area contributed by atoms with Crippen LogP contribution in [0.5, 0.6) is 34.5 Å². The summed E-state index contributed by atoms with van der Waals surface area (Å²) in [6.07, 6.45) is 8.48. The summed E-state index contributed by atoms with van der Waals surface area (Å²) in [4.78, 5) is 51.3. The molecule has 0 amide bonds. The average Bonchev–Trinajstić information content (AvgIpc) is 0.784. The largest absolute Gasteiger partial charge is 0.506 e. The Morgan fingerprint density at radius 3 is 0.793 bits per heavy atom. The molecule has 135 heavy (non-hydrogen) atoms. The number of halogens is 15. The van der Waals surface area contributed by atoms with Gasteiger partial charge in [-0.1, -0.05) is 170 Å². The van der Waals surface area contributed by atoms with Gasteiger partial charge in [-0.3, -0.25) is 29.9 Å². The Balaban J connectivity index is 0.000000137. The minimum Gasteiger partial charge on any atom is -0.506 e. The van der Waals surface area contributed by atoms with Crippen molar-refractivity contribution in [2.75, 3.05) is 34.4 Å². The first-order valence-electron chi connectivity index (χ1n) is 38.8. The van der Waals surface area contributed by atoms with Crippen LogP contribution in [0.1, 0.15) is 0 Å². The molecule has 0 fully saturated rings. The molecule has 0 radical (unpaired) electrons. The van der Waals surface area contributed by atoms with Gasteiger partial charge in [0.25, 0.3) is 0 Å². The van der Waals surface area contributed by atoms with Crippen LogP contribution in [0.4, 0.5) is 52.5 Å². The number of nitrogens with zero attached hydrogens (tertiary/aromatic N) is 12. The van der Waals surface area contributed by atoms with E-state index in [0.29, 0.717) is 128 Å². The second kappa shape index (κ2) is 44.0. The fraction of sp³-hybridized carbons (Fsp3) is 0. The molecule has 0 saturated heterocycles. The zero-order chi connectivity index (χ0) is 96.7. The summed E-state index contributed by atoms with van der Waals surface area (Å²) in [5.74, 6) is -1.36. The minimum absolute atomic E-state index is 0.00818. The summed E-state index contributed by atoms with van der Waals surface area (Å²) in [5.41, 5.74) is 46.4. The second-order valence-electron chi connectivity index (χ2n) is 28.3. The molecule has 0 aliphatic heterocycles. The standard InChI is InChI=1S/C16H10Cl3N3O.C16H10Cl2FN3O.2C16H11Cl2N3O.C16H10ClF2N3O.C16H11ClFN3O/c17-10-3-9(4-11(18)6-10)16-15(21-7-14(20)22-16)8-1-2-13(23)12(19)5-8;17-10-5-9(1-3-12(10)19)16-15(21-7-14(20)22-16)8-2-4-13(23)11(18)6-8;17-11-4-1-9(2-5-11)16-15(20-8-14(19)21-16)10-3-6-13(22)12(18)7-10;17-11-3-1-2-9(6-11)16-15(20-8-14(19)21-16)10-4-5-13(22)12(18)7-10;17-9-6-8(4-5-12(9)23)15-16(22-13(20)7-21-15)14-10(18)2-1-3-11(14)19;17-11-7-9(5-6-13(11)22)15-16(21-14(19)8-20-15)10-3-1-2-4-12(10)18/h2*1-7,23H,(H2,20,22);2*1-8,22H,(H2,19,21);1-7,23H,(H2,20,22);1-8,22H,(H2,19,21). The SMILES string of the molecule is Nc1cnc(-c2ccc(O)c(Cl)c2)c(-c2c(F)cccc2F)n1.Nc1cnc(-c2ccc(O)c(Cl)c2)c(-c2cc(Cl)cc(Cl)c2)n1.Nc1cnc(-c2ccc(O)c(Cl)c2)c(-c2ccc(Cl)cc2)n1.Nc1cnc(-c2ccc(O)c(Cl)c2)c(-c2ccc(F)c(Cl)c2)n1.Nc1cnc(-c2ccc(O)c(Cl)c2)c(-c2cccc(Cl)c2)n1.Nc1cnc(-c2ccc(O)c(Cl)c2)c(-c2ccccc2F)n1. The molecule has 678 valence electrons. The molecule has 0 atom stereocenters. The number of nitrogen functional groups attached to an aromatic ring is 6. The number of anilines is 6. The molecule has 6 heterocycles. The Hall–Kier alpha value is -14.4. The summed E-state index contributed by atoms with van der Waals surface area (Å²) in [6, 6.07) is 61.7. The van der Waals surface area contributed by atoms with Crippen molar-refractivity contribution in [3.63, 3.8) is 0 Å². The topological polar surface area (TPSA) is 432 Å². The number of rotatable bonds is 12. The summed E-state index contributed by atoms with van der Waals surface area (Å²) in [6.45, 7) is 0. The number of aromatic hydroxyl groups is 6. The van der Waals surface area contributed by atoms with Gasteiger partial charge >= 0.3 is 0 Å². The highest BCUT2D eigenvalue weighted by Crippen LogP contribution is 2.44. The average molecular weight is 2030 g/mol. The van der Waals surface area contributed by atoms with Crippen molar-refractivity contribution in [3.8, 4) is 170 Å². The van der Waals surface area contributed by atoms with E-state index < -0.39 is 23.3 Å². The number of phenolic OH excluding ortho intramolecular Hbond substituents is 6. The van der Waals surface area contributed by atoms with Gasteiger partial charge in [0.2, 0.25) is 0 Å². The molecule has 39 heteroatoms. The molecular weight excluding hydrogens is 1970 g/mol. The molecule has 18 aromatic rings. The van der Waals surface area contributed by atoms with Gasteiger partial charge in [0.05, 0.1) is 135 Å². The van der Waals surface area contributed by atoms with E-state index in [0.717, 1.165) is 34.4 Å². The van der Waals surface area contributed by atoms with E-state index in [1.54, 1.807) is 121 Å². The quantitative estimate of drug-likeness (QED) is 0.0505. The number of benzene rings is 12. The number of phenols is 6. The van der Waals surface area contributed by atoms with Crippen molar-refractivity contribution in [1.82, 2.24) is 59.8 Å². The maximum Gasteiger partial charge on any atom is 0.142 e. The fourth-order valence-electron chi connectivity index (χ4n) is 12.7. The molecule has 0 spiro atoms. The van der Waals surface area contributed by atoms with E-state index in [9.17, 15) is 48.2 Å². The zero-order valence-electron chi connectivity index (χ0n) is 68.7. The molecular formula is C96H63Cl11F4N18O6. The van der Waals surface area contributed by atoms with Crippen LogP contribution < -0.4 is 34.4 Å². The lowest BCUT2D eigenvalue weighted by atomic mass is 10.0. The van der Waals surface area contributed by atoms with E-state index in [1.165, 1.54) is 116 Å². The lowest BCUT2D eigenvalue weighted by Gasteiger charge is -2.11. The van der Waals surface area contributed by atoms with E-state index in [-0.39, 0.29) is 110 Å². The van der Waals surface area contributed by atoms with Crippen molar-refractivity contribution in [2.45, 2.75) is 0 Å². The lowest BCUT2D eigenvalue weighted by Crippen LogP contribution is -2.01. The van der Waals surface area contributed by atoms with Gasteiger partial charge in [-0.2, -0.15) is 0 Å². The van der Waals surface area contributed by atoms with Crippen molar-refractivity contribution < 1.29 is 48.2 Å². The molecule has 18 N–H and O–H groups in total. The van der Waals surface area contributed by atoms with Crippen LogP contribution in [0.25, 0.3) is 135 Å². The van der Waals surface area contributed by atoms with Crippen molar-refractivity contribution in [2.24, 2.45) is 0 Å². The molecule has 0 saturated carbocycles. The maximum absolute atomic E-state index is 14.1. The van der Waals surface area contributed by atoms with Crippen molar-refractivity contribution >= 4 is 163 Å². The fourth-order valence-corrected chi connectivity index (χ4v) is 14.8. The second-order valence-corrected chi connectivity index (χ2v) is 32.9. The third-order valence-corrected chi connectivity index (χ3v) is 22.0. The van der Waals surface area contributed by atoms with Gasteiger partial charge in [0.15, 0.2) is 0 Å². The number of hydrogen-bond acceptors (Lipinski definition) is 24. The Bertz CT molecular complexity index is 7470. The van der Waals surface area contributed by atoms with E-state index in [1.807, 2.05) is 24.3 Å². The number of aromatic nitrogens is 12. The molecule has 12 aromatic carbocycles. The number of hydrogen-bond donors (Lipinski definition) is 12. The zero-order valence-corrected chi connectivity index (χ0v) is 77.0. The Morgan fingerprint density at radius 2 is 0.452 bits per heavy atom. The maximum atomic E-state index is 14.1. The molecule has 18 rings (SSSR count). The van der Waals surface area contributed by atoms with Crippen LogP contribution in [0, 0.1) is 23.3 Å². The smallest absolute Gasteiger partial charge is 0.142 e. The first kappa shape index (κ1) is 98.1. The third-order valence-electron chi connectivity index (χ3n) is 18.9. The first-order chi connectivity index (χ1) is 64.5. The van der Waals surface area contributed by atoms with Gasteiger partial charge in [-0.15, -0.1) is 0 Å². The van der Waals surface area contributed by atoms with Gasteiger partial charge in [0, 0.05) is 81.3 Å².